The van der Waals surface area contributed by atoms with Crippen LogP contribution >= 0.6 is 0 Å². The third-order valence-electron chi connectivity index (χ3n) is 5.70. The molecule has 0 bridgehead atoms. The summed E-state index contributed by atoms with van der Waals surface area (Å²) in [4.78, 5) is 13.3. The minimum absolute atomic E-state index is 0.275. The summed E-state index contributed by atoms with van der Waals surface area (Å²) < 4.78 is 15.3. The SMILES string of the molecule is COc1nc(NC2CCC(OC(C)C)CC2)nn2ccc(-c3cnc4nccn4c3)c12. The topological polar surface area (TPSA) is 90.9 Å². The summed E-state index contributed by atoms with van der Waals surface area (Å²) in [5, 5.41) is 8.18. The van der Waals surface area contributed by atoms with Crippen molar-refractivity contribution in [3.63, 3.8) is 0 Å². The van der Waals surface area contributed by atoms with Crippen LogP contribution in [0.4, 0.5) is 5.95 Å². The van der Waals surface area contributed by atoms with Crippen LogP contribution in [0, 0.1) is 0 Å². The molecule has 162 valence electrons. The number of nitrogens with one attached hydrogen (secondary N) is 1. The lowest BCUT2D eigenvalue weighted by molar-refractivity contribution is -0.0133. The molecule has 0 unspecified atom stereocenters. The van der Waals surface area contributed by atoms with E-state index in [0.717, 1.165) is 42.3 Å². The highest BCUT2D eigenvalue weighted by Gasteiger charge is 2.24. The first-order valence-corrected chi connectivity index (χ1v) is 10.7. The Bertz CT molecular complexity index is 1190. The third kappa shape index (κ3) is 3.93. The van der Waals surface area contributed by atoms with Crippen LogP contribution in [-0.4, -0.2) is 54.3 Å². The van der Waals surface area contributed by atoms with Crippen LogP contribution in [-0.2, 0) is 4.74 Å². The second-order valence-electron chi connectivity index (χ2n) is 8.25. The molecule has 0 radical (unpaired) electrons. The molecule has 0 aromatic carbocycles. The van der Waals surface area contributed by atoms with E-state index in [-0.39, 0.29) is 6.10 Å². The quantitative estimate of drug-likeness (QED) is 0.509. The van der Waals surface area contributed by atoms with Gasteiger partial charge in [-0.25, -0.2) is 14.5 Å². The number of anilines is 1. The molecule has 9 nitrogen and oxygen atoms in total. The summed E-state index contributed by atoms with van der Waals surface area (Å²) in [6, 6.07) is 2.34. The van der Waals surface area contributed by atoms with Crippen molar-refractivity contribution in [1.29, 1.82) is 0 Å². The Morgan fingerprint density at radius 1 is 1.13 bits per heavy atom. The van der Waals surface area contributed by atoms with E-state index in [1.54, 1.807) is 19.5 Å². The second kappa shape index (κ2) is 8.14. The van der Waals surface area contributed by atoms with Crippen molar-refractivity contribution in [1.82, 2.24) is 29.0 Å². The summed E-state index contributed by atoms with van der Waals surface area (Å²) in [6.07, 6.45) is 14.1. The lowest BCUT2D eigenvalue weighted by Crippen LogP contribution is -2.31. The molecular formula is C22H27N7O2. The van der Waals surface area contributed by atoms with E-state index in [0.29, 0.717) is 29.8 Å². The van der Waals surface area contributed by atoms with Crippen molar-refractivity contribution < 1.29 is 9.47 Å². The highest BCUT2D eigenvalue weighted by atomic mass is 16.5. The van der Waals surface area contributed by atoms with Crippen LogP contribution in [0.3, 0.4) is 0 Å². The van der Waals surface area contributed by atoms with Crippen molar-refractivity contribution in [2.75, 3.05) is 12.4 Å². The van der Waals surface area contributed by atoms with E-state index in [1.165, 1.54) is 0 Å². The fourth-order valence-electron chi connectivity index (χ4n) is 4.29. The van der Waals surface area contributed by atoms with E-state index in [1.807, 2.05) is 33.6 Å². The number of rotatable bonds is 6. The first-order valence-electron chi connectivity index (χ1n) is 10.7. The average Bonchev–Trinajstić information content (AvgIpc) is 3.40. The maximum absolute atomic E-state index is 5.96. The van der Waals surface area contributed by atoms with Gasteiger partial charge in [0.2, 0.25) is 17.6 Å². The summed E-state index contributed by atoms with van der Waals surface area (Å²) in [7, 11) is 1.63. The third-order valence-corrected chi connectivity index (χ3v) is 5.70. The van der Waals surface area contributed by atoms with Gasteiger partial charge in [0, 0.05) is 48.2 Å². The van der Waals surface area contributed by atoms with Gasteiger partial charge in [-0.1, -0.05) is 0 Å². The number of aromatic nitrogens is 6. The fourth-order valence-corrected chi connectivity index (χ4v) is 4.29. The van der Waals surface area contributed by atoms with Gasteiger partial charge in [0.05, 0.1) is 19.3 Å². The van der Waals surface area contributed by atoms with Gasteiger partial charge in [0.15, 0.2) is 0 Å². The largest absolute Gasteiger partial charge is 0.479 e. The molecule has 0 saturated heterocycles. The van der Waals surface area contributed by atoms with Crippen LogP contribution in [0.2, 0.25) is 0 Å². The minimum Gasteiger partial charge on any atom is -0.479 e. The molecule has 0 atom stereocenters. The highest BCUT2D eigenvalue weighted by molar-refractivity contribution is 5.84. The Hall–Kier alpha value is -3.20. The van der Waals surface area contributed by atoms with Crippen molar-refractivity contribution in [2.24, 2.45) is 0 Å². The zero-order chi connectivity index (χ0) is 21.4. The van der Waals surface area contributed by atoms with Gasteiger partial charge in [-0.2, -0.15) is 4.98 Å². The summed E-state index contributed by atoms with van der Waals surface area (Å²) in [6.45, 7) is 4.18. The molecule has 1 fully saturated rings. The summed E-state index contributed by atoms with van der Waals surface area (Å²) in [5.74, 6) is 1.76. The lowest BCUT2D eigenvalue weighted by Gasteiger charge is -2.30. The molecule has 4 heterocycles. The van der Waals surface area contributed by atoms with Gasteiger partial charge in [-0.3, -0.25) is 4.40 Å². The average molecular weight is 422 g/mol. The Morgan fingerprint density at radius 2 is 1.97 bits per heavy atom. The predicted molar refractivity (Wildman–Crippen MR) is 117 cm³/mol. The normalized spacial score (nSPS) is 19.4. The van der Waals surface area contributed by atoms with Crippen molar-refractivity contribution >= 4 is 17.2 Å². The zero-order valence-corrected chi connectivity index (χ0v) is 18.0. The predicted octanol–water partition coefficient (Wildman–Crippen LogP) is 3.60. The van der Waals surface area contributed by atoms with E-state index < -0.39 is 0 Å². The van der Waals surface area contributed by atoms with Crippen LogP contribution in [0.5, 0.6) is 5.88 Å². The maximum atomic E-state index is 5.96. The van der Waals surface area contributed by atoms with E-state index in [4.69, 9.17) is 9.47 Å². The van der Waals surface area contributed by atoms with Gasteiger partial charge in [0.25, 0.3) is 0 Å². The number of hydrogen-bond donors (Lipinski definition) is 1. The van der Waals surface area contributed by atoms with Crippen molar-refractivity contribution in [3.8, 4) is 17.0 Å². The molecule has 9 heteroatoms. The molecule has 31 heavy (non-hydrogen) atoms. The second-order valence-corrected chi connectivity index (χ2v) is 8.25. The molecule has 4 aromatic heterocycles. The van der Waals surface area contributed by atoms with Crippen LogP contribution < -0.4 is 10.1 Å². The van der Waals surface area contributed by atoms with Crippen LogP contribution in [0.25, 0.3) is 22.4 Å². The first-order chi connectivity index (χ1) is 15.1. The number of ether oxygens (including phenoxy) is 2. The molecule has 1 aliphatic carbocycles. The Morgan fingerprint density at radius 3 is 2.74 bits per heavy atom. The number of fused-ring (bicyclic) bond motifs is 2. The Labute approximate surface area is 180 Å². The van der Waals surface area contributed by atoms with E-state index in [9.17, 15) is 0 Å². The van der Waals surface area contributed by atoms with Gasteiger partial charge in [0.1, 0.15) is 5.52 Å². The van der Waals surface area contributed by atoms with E-state index in [2.05, 4.69) is 39.2 Å². The molecule has 1 saturated carbocycles. The molecule has 1 N–H and O–H groups in total. The fraction of sp³-hybridized carbons (Fsp3) is 0.455. The standard InChI is InChI=1S/C22H27N7O2/c1-14(2)31-17-6-4-16(5-7-17)25-21-26-20(30-3)19-18(8-10-29(19)27-21)15-12-24-22-23-9-11-28(22)13-15/h8-14,16-17H,4-7H2,1-3H3,(H,25,27). The zero-order valence-electron chi connectivity index (χ0n) is 18.0. The van der Waals surface area contributed by atoms with Gasteiger partial charge in [-0.05, 0) is 45.6 Å². The monoisotopic (exact) mass is 421 g/mol. The first kappa shape index (κ1) is 19.7. The highest BCUT2D eigenvalue weighted by Crippen LogP contribution is 2.32. The number of imidazole rings is 1. The summed E-state index contributed by atoms with van der Waals surface area (Å²) >= 11 is 0. The van der Waals surface area contributed by atoms with E-state index >= 15 is 0 Å². The summed E-state index contributed by atoms with van der Waals surface area (Å²) in [5.41, 5.74) is 2.71. The minimum atomic E-state index is 0.275. The molecule has 5 rings (SSSR count). The van der Waals surface area contributed by atoms with Crippen molar-refractivity contribution in [3.05, 3.63) is 37.1 Å². The smallest absolute Gasteiger partial charge is 0.244 e. The molecular weight excluding hydrogens is 394 g/mol. The molecule has 0 aliphatic heterocycles. The van der Waals surface area contributed by atoms with Crippen molar-refractivity contribution in [2.45, 2.75) is 57.8 Å². The number of hydrogen-bond acceptors (Lipinski definition) is 7. The molecule has 0 amide bonds. The molecule has 0 spiro atoms. The van der Waals surface area contributed by atoms with Crippen LogP contribution in [0.1, 0.15) is 39.5 Å². The van der Waals surface area contributed by atoms with Gasteiger partial charge >= 0.3 is 0 Å². The van der Waals surface area contributed by atoms with Crippen LogP contribution in [0.15, 0.2) is 37.1 Å². The molecule has 4 aromatic rings. The molecule has 1 aliphatic rings. The van der Waals surface area contributed by atoms with Gasteiger partial charge < -0.3 is 14.8 Å². The van der Waals surface area contributed by atoms with Gasteiger partial charge in [-0.15, -0.1) is 5.10 Å². The maximum Gasteiger partial charge on any atom is 0.244 e. The Balaban J connectivity index is 1.39. The number of nitrogens with zero attached hydrogens (tertiary/aromatic N) is 6. The lowest BCUT2D eigenvalue weighted by atomic mass is 9.93. The number of methoxy groups -OCH3 is 1. The Kier molecular flexibility index (Phi) is 5.19.